The molecule has 0 heterocycles. The van der Waals surface area contributed by atoms with Gasteiger partial charge < -0.3 is 0 Å². The van der Waals surface area contributed by atoms with Crippen LogP contribution < -0.4 is 0 Å². The molecule has 0 atom stereocenters. The monoisotopic (exact) mass is 134 g/mol. The van der Waals surface area contributed by atoms with Gasteiger partial charge in [0.25, 0.3) is 0 Å². The van der Waals surface area contributed by atoms with Gasteiger partial charge in [-0.2, -0.15) is 0 Å². The Kier molecular flexibility index (Phi) is 1.60. The Balaban J connectivity index is 2.69. The van der Waals surface area contributed by atoms with Gasteiger partial charge in [-0.15, -0.1) is 0 Å². The predicted molar refractivity (Wildman–Crippen MR) is 27.9 cm³/mol. The molecule has 3 heteroatoms. The second-order valence-corrected chi connectivity index (χ2v) is 1.85. The SMILES string of the molecule is FC1=CC(F)C=C(F)C1. The zero-order chi connectivity index (χ0) is 6.85. The Morgan fingerprint density at radius 3 is 2.00 bits per heavy atom. The Morgan fingerprint density at radius 1 is 1.22 bits per heavy atom. The third-order valence-electron chi connectivity index (χ3n) is 1.02. The lowest BCUT2D eigenvalue weighted by atomic mass is 10.1. The second kappa shape index (κ2) is 2.25. The Bertz CT molecular complexity index is 151. The fourth-order valence-corrected chi connectivity index (χ4v) is 0.673. The van der Waals surface area contributed by atoms with Gasteiger partial charge in [0, 0.05) is 0 Å². The maximum atomic E-state index is 12.1. The predicted octanol–water partition coefficient (Wildman–Crippen LogP) is 2.44. The number of halogens is 3. The van der Waals surface area contributed by atoms with Crippen LogP contribution in [-0.2, 0) is 0 Å². The largest absolute Gasteiger partial charge is 0.238 e. The lowest BCUT2D eigenvalue weighted by Crippen LogP contribution is -1.97. The van der Waals surface area contributed by atoms with E-state index in [0.717, 1.165) is 12.2 Å². The molecule has 0 nitrogen and oxygen atoms in total. The molecule has 0 spiro atoms. The first-order chi connectivity index (χ1) is 4.18. The Morgan fingerprint density at radius 2 is 1.67 bits per heavy atom. The van der Waals surface area contributed by atoms with Crippen LogP contribution in [0.2, 0.25) is 0 Å². The third-order valence-corrected chi connectivity index (χ3v) is 1.02. The molecule has 0 bridgehead atoms. The van der Waals surface area contributed by atoms with Crippen molar-refractivity contribution in [1.29, 1.82) is 0 Å². The van der Waals surface area contributed by atoms with Crippen molar-refractivity contribution >= 4 is 0 Å². The molecule has 0 saturated heterocycles. The summed E-state index contributed by atoms with van der Waals surface area (Å²) in [6, 6.07) is 0. The number of hydrogen-bond donors (Lipinski definition) is 0. The highest BCUT2D eigenvalue weighted by atomic mass is 19.2. The van der Waals surface area contributed by atoms with Crippen LogP contribution in [0.3, 0.4) is 0 Å². The van der Waals surface area contributed by atoms with E-state index in [0.29, 0.717) is 0 Å². The van der Waals surface area contributed by atoms with E-state index < -0.39 is 17.8 Å². The zero-order valence-electron chi connectivity index (χ0n) is 4.57. The Hall–Kier alpha value is -0.730. The van der Waals surface area contributed by atoms with Crippen molar-refractivity contribution in [2.75, 3.05) is 0 Å². The molecular weight excluding hydrogens is 129 g/mol. The molecule has 1 aliphatic carbocycles. The normalized spacial score (nSPS) is 21.2. The summed E-state index contributed by atoms with van der Waals surface area (Å²) < 4.78 is 36.1. The fraction of sp³-hybridized carbons (Fsp3) is 0.333. The molecule has 0 aliphatic heterocycles. The van der Waals surface area contributed by atoms with Crippen LogP contribution in [0.15, 0.2) is 23.8 Å². The van der Waals surface area contributed by atoms with Gasteiger partial charge in [-0.1, -0.05) is 0 Å². The van der Waals surface area contributed by atoms with Crippen molar-refractivity contribution < 1.29 is 13.2 Å². The van der Waals surface area contributed by atoms with E-state index in [1.807, 2.05) is 0 Å². The molecule has 0 saturated carbocycles. The molecule has 1 aliphatic rings. The van der Waals surface area contributed by atoms with Crippen LogP contribution in [0.5, 0.6) is 0 Å². The topological polar surface area (TPSA) is 0 Å². The van der Waals surface area contributed by atoms with Crippen molar-refractivity contribution in [2.45, 2.75) is 12.6 Å². The molecule has 0 unspecified atom stereocenters. The molecule has 0 aromatic carbocycles. The summed E-state index contributed by atoms with van der Waals surface area (Å²) in [6.07, 6.45) is -0.467. The van der Waals surface area contributed by atoms with E-state index in [1.165, 1.54) is 0 Å². The fourth-order valence-electron chi connectivity index (χ4n) is 0.673. The molecule has 0 amide bonds. The van der Waals surface area contributed by atoms with E-state index in [9.17, 15) is 13.2 Å². The van der Waals surface area contributed by atoms with Crippen LogP contribution in [0.25, 0.3) is 0 Å². The van der Waals surface area contributed by atoms with Crippen molar-refractivity contribution in [3.8, 4) is 0 Å². The maximum Gasteiger partial charge on any atom is 0.142 e. The smallest absolute Gasteiger partial charge is 0.142 e. The van der Waals surface area contributed by atoms with Gasteiger partial charge in [0.15, 0.2) is 0 Å². The standard InChI is InChI=1S/C6H5F3/c7-4-1-5(8)3-6(9)2-4/h1-2,4H,3H2. The first-order valence-electron chi connectivity index (χ1n) is 2.55. The average Bonchev–Trinajstić information content (AvgIpc) is 1.59. The van der Waals surface area contributed by atoms with Gasteiger partial charge in [0.2, 0.25) is 0 Å². The van der Waals surface area contributed by atoms with Crippen LogP contribution in [0.4, 0.5) is 13.2 Å². The minimum absolute atomic E-state index is 0.388. The number of alkyl halides is 1. The highest BCUT2D eigenvalue weighted by Gasteiger charge is 2.12. The number of rotatable bonds is 0. The molecule has 1 rings (SSSR count). The van der Waals surface area contributed by atoms with E-state index in [2.05, 4.69) is 0 Å². The second-order valence-electron chi connectivity index (χ2n) is 1.85. The minimum Gasteiger partial charge on any atom is -0.238 e. The quantitative estimate of drug-likeness (QED) is 0.477. The molecule has 9 heavy (non-hydrogen) atoms. The molecular formula is C6H5F3. The van der Waals surface area contributed by atoms with Crippen LogP contribution in [0.1, 0.15) is 6.42 Å². The van der Waals surface area contributed by atoms with Gasteiger partial charge >= 0.3 is 0 Å². The first kappa shape index (κ1) is 6.39. The highest BCUT2D eigenvalue weighted by molar-refractivity contribution is 5.18. The number of allylic oxidation sites excluding steroid dienone is 4. The summed E-state index contributed by atoms with van der Waals surface area (Å²) in [4.78, 5) is 0. The number of hydrogen-bond acceptors (Lipinski definition) is 0. The molecule has 0 radical (unpaired) electrons. The van der Waals surface area contributed by atoms with E-state index in [1.54, 1.807) is 0 Å². The lowest BCUT2D eigenvalue weighted by Gasteiger charge is -2.03. The lowest BCUT2D eigenvalue weighted by molar-refractivity contribution is 0.423. The molecule has 0 aromatic rings. The van der Waals surface area contributed by atoms with E-state index in [-0.39, 0.29) is 6.42 Å². The van der Waals surface area contributed by atoms with Crippen molar-refractivity contribution in [1.82, 2.24) is 0 Å². The minimum atomic E-state index is -1.58. The van der Waals surface area contributed by atoms with Crippen LogP contribution in [0, 0.1) is 0 Å². The molecule has 0 fully saturated rings. The van der Waals surface area contributed by atoms with Crippen molar-refractivity contribution in [2.24, 2.45) is 0 Å². The van der Waals surface area contributed by atoms with Gasteiger partial charge in [-0.25, -0.2) is 13.2 Å². The summed E-state index contributed by atoms with van der Waals surface area (Å²) in [5, 5.41) is 0. The van der Waals surface area contributed by atoms with Crippen LogP contribution >= 0.6 is 0 Å². The summed E-state index contributed by atoms with van der Waals surface area (Å²) >= 11 is 0. The third kappa shape index (κ3) is 1.59. The first-order valence-corrected chi connectivity index (χ1v) is 2.55. The summed E-state index contributed by atoms with van der Waals surface area (Å²) in [7, 11) is 0. The van der Waals surface area contributed by atoms with Crippen molar-refractivity contribution in [3.63, 3.8) is 0 Å². The summed E-state index contributed by atoms with van der Waals surface area (Å²) in [6.45, 7) is 0. The maximum absolute atomic E-state index is 12.1. The molecule has 50 valence electrons. The van der Waals surface area contributed by atoms with Gasteiger partial charge in [0.05, 0.1) is 6.42 Å². The van der Waals surface area contributed by atoms with Gasteiger partial charge in [-0.3, -0.25) is 0 Å². The highest BCUT2D eigenvalue weighted by Crippen LogP contribution is 2.21. The van der Waals surface area contributed by atoms with E-state index >= 15 is 0 Å². The van der Waals surface area contributed by atoms with Gasteiger partial charge in [0.1, 0.15) is 17.8 Å². The Labute approximate surface area is 50.7 Å². The zero-order valence-corrected chi connectivity index (χ0v) is 4.57. The van der Waals surface area contributed by atoms with E-state index in [4.69, 9.17) is 0 Å². The molecule has 0 aromatic heterocycles. The van der Waals surface area contributed by atoms with Crippen LogP contribution in [-0.4, -0.2) is 6.17 Å². The van der Waals surface area contributed by atoms with Crippen molar-refractivity contribution in [3.05, 3.63) is 23.8 Å². The summed E-state index contributed by atoms with van der Waals surface area (Å²) in [5.41, 5.74) is 0. The van der Waals surface area contributed by atoms with Gasteiger partial charge in [-0.05, 0) is 12.2 Å². The molecule has 0 N–H and O–H groups in total. The summed E-state index contributed by atoms with van der Waals surface area (Å²) in [5.74, 6) is -1.47. The average molecular weight is 134 g/mol.